The van der Waals surface area contributed by atoms with Gasteiger partial charge in [0.1, 0.15) is 10.3 Å². The van der Waals surface area contributed by atoms with Crippen LogP contribution in [0.3, 0.4) is 0 Å². The van der Waals surface area contributed by atoms with Gasteiger partial charge < -0.3 is 5.32 Å². The first-order chi connectivity index (χ1) is 10.7. The van der Waals surface area contributed by atoms with Gasteiger partial charge in [-0.3, -0.25) is 4.79 Å². The third-order valence-electron chi connectivity index (χ3n) is 3.62. The molecule has 2 rings (SSSR count). The highest BCUT2D eigenvalue weighted by molar-refractivity contribution is 7.92. The number of benzene rings is 1. The largest absolute Gasteiger partial charge is 0.348 e. The number of hydrogen-bond donors (Lipinski definition) is 1. The number of rotatable bonds is 5. The molecule has 124 valence electrons. The summed E-state index contributed by atoms with van der Waals surface area (Å²) < 4.78 is 23.0. The molecule has 0 saturated carbocycles. The number of sulfone groups is 1. The molecule has 0 saturated heterocycles. The first-order valence-electron chi connectivity index (χ1n) is 7.22. The molecule has 0 radical (unpaired) electrons. The molecule has 23 heavy (non-hydrogen) atoms. The predicted octanol–water partition coefficient (Wildman–Crippen LogP) is 2.73. The predicted molar refractivity (Wildman–Crippen MR) is 93.2 cm³/mol. The quantitative estimate of drug-likeness (QED) is 0.898. The standard InChI is InChI=1S/C16H20N2O3S2/c1-10(17-15(19)12(3)23(4,20)21)14-11(2)18-16(22-14)13-8-6-5-7-9-13/h5-10,12H,1-4H3,(H,17,19). The minimum absolute atomic E-state index is 0.290. The maximum atomic E-state index is 12.1. The van der Waals surface area contributed by atoms with Crippen molar-refractivity contribution in [1.82, 2.24) is 10.3 Å². The Morgan fingerprint density at radius 1 is 1.22 bits per heavy atom. The number of nitrogens with zero attached hydrogens (tertiary/aromatic N) is 1. The molecule has 1 aromatic carbocycles. The SMILES string of the molecule is Cc1nc(-c2ccccc2)sc1C(C)NC(=O)C(C)S(C)(=O)=O. The first kappa shape index (κ1) is 17.6. The molecule has 1 amide bonds. The lowest BCUT2D eigenvalue weighted by Crippen LogP contribution is -2.38. The van der Waals surface area contributed by atoms with Crippen LogP contribution >= 0.6 is 11.3 Å². The average Bonchev–Trinajstić information content (AvgIpc) is 2.88. The highest BCUT2D eigenvalue weighted by Crippen LogP contribution is 2.31. The Hall–Kier alpha value is -1.73. The van der Waals surface area contributed by atoms with E-state index in [1.165, 1.54) is 18.3 Å². The lowest BCUT2D eigenvalue weighted by molar-refractivity contribution is -0.121. The molecule has 2 unspecified atom stereocenters. The summed E-state index contributed by atoms with van der Waals surface area (Å²) in [4.78, 5) is 17.5. The number of thiazole rings is 1. The Labute approximate surface area is 140 Å². The highest BCUT2D eigenvalue weighted by atomic mass is 32.2. The fraction of sp³-hybridized carbons (Fsp3) is 0.375. The highest BCUT2D eigenvalue weighted by Gasteiger charge is 2.26. The van der Waals surface area contributed by atoms with E-state index in [9.17, 15) is 13.2 Å². The molecule has 2 atom stereocenters. The van der Waals surface area contributed by atoms with Crippen molar-refractivity contribution >= 4 is 27.1 Å². The van der Waals surface area contributed by atoms with Gasteiger partial charge in [-0.2, -0.15) is 0 Å². The molecule has 7 heteroatoms. The molecule has 1 N–H and O–H groups in total. The summed E-state index contributed by atoms with van der Waals surface area (Å²) in [5.41, 5.74) is 1.86. The average molecular weight is 352 g/mol. The minimum Gasteiger partial charge on any atom is -0.348 e. The molecular weight excluding hydrogens is 332 g/mol. The van der Waals surface area contributed by atoms with Gasteiger partial charge in [0, 0.05) is 11.8 Å². The van der Waals surface area contributed by atoms with Crippen molar-refractivity contribution in [2.24, 2.45) is 0 Å². The van der Waals surface area contributed by atoms with Crippen LogP contribution in [0.15, 0.2) is 30.3 Å². The number of carbonyl (C=O) groups excluding carboxylic acids is 1. The summed E-state index contributed by atoms with van der Waals surface area (Å²) in [5.74, 6) is -0.492. The Balaban J connectivity index is 2.19. The van der Waals surface area contributed by atoms with Crippen molar-refractivity contribution in [2.45, 2.75) is 32.1 Å². The lowest BCUT2D eigenvalue weighted by atomic mass is 10.2. The maximum absolute atomic E-state index is 12.1. The number of aromatic nitrogens is 1. The van der Waals surface area contributed by atoms with Gasteiger partial charge in [-0.15, -0.1) is 11.3 Å². The van der Waals surface area contributed by atoms with Crippen LogP contribution in [0, 0.1) is 6.92 Å². The summed E-state index contributed by atoms with van der Waals surface area (Å²) in [6.45, 7) is 5.12. The molecule has 0 spiro atoms. The summed E-state index contributed by atoms with van der Waals surface area (Å²) in [6.07, 6.45) is 1.06. The summed E-state index contributed by atoms with van der Waals surface area (Å²) >= 11 is 1.51. The molecule has 1 heterocycles. The van der Waals surface area contributed by atoms with E-state index in [0.29, 0.717) is 0 Å². The van der Waals surface area contributed by atoms with Gasteiger partial charge in [0.2, 0.25) is 5.91 Å². The van der Waals surface area contributed by atoms with Crippen LogP contribution < -0.4 is 5.32 Å². The van der Waals surface area contributed by atoms with Crippen LogP contribution in [-0.2, 0) is 14.6 Å². The van der Waals surface area contributed by atoms with Crippen molar-refractivity contribution in [1.29, 1.82) is 0 Å². The van der Waals surface area contributed by atoms with E-state index >= 15 is 0 Å². The van der Waals surface area contributed by atoms with Gasteiger partial charge in [-0.05, 0) is 20.8 Å². The van der Waals surface area contributed by atoms with Gasteiger partial charge in [0.15, 0.2) is 9.84 Å². The second-order valence-corrected chi connectivity index (χ2v) is 8.93. The first-order valence-corrected chi connectivity index (χ1v) is 9.99. The molecule has 1 aromatic heterocycles. The third-order valence-corrected chi connectivity index (χ3v) is 6.50. The lowest BCUT2D eigenvalue weighted by Gasteiger charge is -2.16. The Kier molecular flexibility index (Phi) is 5.21. The van der Waals surface area contributed by atoms with Gasteiger partial charge in [-0.25, -0.2) is 13.4 Å². The fourth-order valence-electron chi connectivity index (χ4n) is 2.10. The van der Waals surface area contributed by atoms with Crippen LogP contribution in [0.2, 0.25) is 0 Å². The summed E-state index contributed by atoms with van der Waals surface area (Å²) in [6, 6.07) is 9.52. The van der Waals surface area contributed by atoms with Gasteiger partial charge in [0.05, 0.1) is 16.6 Å². The normalized spacial score (nSPS) is 14.3. The smallest absolute Gasteiger partial charge is 0.238 e. The summed E-state index contributed by atoms with van der Waals surface area (Å²) in [7, 11) is -3.40. The van der Waals surface area contributed by atoms with Crippen molar-refractivity contribution in [2.75, 3.05) is 6.26 Å². The zero-order chi connectivity index (χ0) is 17.2. The molecule has 2 aromatic rings. The van der Waals surface area contributed by atoms with Crippen molar-refractivity contribution in [3.05, 3.63) is 40.9 Å². The van der Waals surface area contributed by atoms with E-state index in [1.54, 1.807) is 0 Å². The van der Waals surface area contributed by atoms with Crippen LogP contribution in [0.5, 0.6) is 0 Å². The molecule has 0 aliphatic rings. The van der Waals surface area contributed by atoms with Crippen molar-refractivity contribution in [3.8, 4) is 10.6 Å². The van der Waals surface area contributed by atoms with E-state index in [-0.39, 0.29) is 6.04 Å². The number of hydrogen-bond acceptors (Lipinski definition) is 5. The van der Waals surface area contributed by atoms with Crippen LogP contribution in [0.25, 0.3) is 10.6 Å². The third kappa shape index (κ3) is 4.17. The number of nitrogens with one attached hydrogen (secondary N) is 1. The van der Waals surface area contributed by atoms with Crippen molar-refractivity contribution < 1.29 is 13.2 Å². The van der Waals surface area contributed by atoms with E-state index in [2.05, 4.69) is 10.3 Å². The Bertz CT molecular complexity index is 798. The second kappa shape index (κ2) is 6.80. The molecule has 5 nitrogen and oxygen atoms in total. The fourth-order valence-corrected chi connectivity index (χ4v) is 3.64. The molecule has 0 fully saturated rings. The Morgan fingerprint density at radius 3 is 2.39 bits per heavy atom. The van der Waals surface area contributed by atoms with Crippen molar-refractivity contribution in [3.63, 3.8) is 0 Å². The number of carbonyl (C=O) groups is 1. The van der Waals surface area contributed by atoms with E-state index in [0.717, 1.165) is 27.4 Å². The zero-order valence-electron chi connectivity index (χ0n) is 13.5. The zero-order valence-corrected chi connectivity index (χ0v) is 15.2. The van der Waals surface area contributed by atoms with Crippen LogP contribution in [0.1, 0.15) is 30.5 Å². The molecule has 0 aliphatic carbocycles. The second-order valence-electron chi connectivity index (χ2n) is 5.54. The maximum Gasteiger partial charge on any atom is 0.238 e. The van der Waals surface area contributed by atoms with Gasteiger partial charge >= 0.3 is 0 Å². The van der Waals surface area contributed by atoms with Gasteiger partial charge in [-0.1, -0.05) is 30.3 Å². The summed E-state index contributed by atoms with van der Waals surface area (Å²) in [5, 5.41) is 2.58. The number of amides is 1. The van der Waals surface area contributed by atoms with E-state index in [4.69, 9.17) is 0 Å². The van der Waals surface area contributed by atoms with Crippen LogP contribution in [-0.4, -0.2) is 30.8 Å². The Morgan fingerprint density at radius 2 is 1.83 bits per heavy atom. The molecule has 0 bridgehead atoms. The topological polar surface area (TPSA) is 76.1 Å². The van der Waals surface area contributed by atoms with E-state index in [1.807, 2.05) is 44.2 Å². The molecule has 0 aliphatic heterocycles. The van der Waals surface area contributed by atoms with Gasteiger partial charge in [0.25, 0.3) is 0 Å². The number of aryl methyl sites for hydroxylation is 1. The minimum atomic E-state index is -3.40. The monoisotopic (exact) mass is 352 g/mol. The van der Waals surface area contributed by atoms with E-state index < -0.39 is 21.0 Å². The molecular formula is C16H20N2O3S2. The van der Waals surface area contributed by atoms with Crippen LogP contribution in [0.4, 0.5) is 0 Å².